The van der Waals surface area contributed by atoms with Crippen molar-refractivity contribution in [3.8, 4) is 0 Å². The van der Waals surface area contributed by atoms with E-state index in [0.717, 1.165) is 51.7 Å². The highest BCUT2D eigenvalue weighted by Gasteiger charge is 2.29. The molecule has 1 saturated carbocycles. The van der Waals surface area contributed by atoms with Crippen LogP contribution in [0.1, 0.15) is 65.2 Å². The molecule has 22 heavy (non-hydrogen) atoms. The lowest BCUT2D eigenvalue weighted by Gasteiger charge is -2.29. The number of hydrogen-bond donors (Lipinski definition) is 0. The van der Waals surface area contributed by atoms with Gasteiger partial charge in [0.15, 0.2) is 0 Å². The average Bonchev–Trinajstić information content (AvgIpc) is 2.82. The minimum absolute atomic E-state index is 0.153. The van der Waals surface area contributed by atoms with E-state index >= 15 is 0 Å². The summed E-state index contributed by atoms with van der Waals surface area (Å²) in [6.45, 7) is 7.24. The Morgan fingerprint density at radius 3 is 2.09 bits per heavy atom. The minimum atomic E-state index is 0.153. The fraction of sp³-hybridized carbons (Fsp3) is 0.889. The van der Waals surface area contributed by atoms with E-state index in [1.807, 2.05) is 9.80 Å². The molecule has 126 valence electrons. The molecule has 2 aliphatic rings. The maximum Gasteiger partial charge on any atom is 0.225 e. The summed E-state index contributed by atoms with van der Waals surface area (Å²) in [6, 6.07) is 0. The predicted molar refractivity (Wildman–Crippen MR) is 88.4 cm³/mol. The molecule has 0 aromatic rings. The van der Waals surface area contributed by atoms with E-state index in [9.17, 15) is 9.59 Å². The van der Waals surface area contributed by atoms with Gasteiger partial charge in [0.2, 0.25) is 11.8 Å². The largest absolute Gasteiger partial charge is 0.341 e. The zero-order valence-electron chi connectivity index (χ0n) is 14.4. The van der Waals surface area contributed by atoms with Gasteiger partial charge in [-0.05, 0) is 32.1 Å². The summed E-state index contributed by atoms with van der Waals surface area (Å²) in [5.74, 6) is 1.03. The van der Waals surface area contributed by atoms with Gasteiger partial charge in [0.25, 0.3) is 0 Å². The van der Waals surface area contributed by atoms with Crippen LogP contribution < -0.4 is 0 Å². The Hall–Kier alpha value is -1.06. The van der Waals surface area contributed by atoms with Crippen molar-refractivity contribution < 1.29 is 9.59 Å². The first-order chi connectivity index (χ1) is 10.7. The van der Waals surface area contributed by atoms with Crippen LogP contribution in [0.4, 0.5) is 0 Å². The molecule has 4 heteroatoms. The highest BCUT2D eigenvalue weighted by molar-refractivity contribution is 5.80. The SMILES string of the molecule is CCC(CC)C(=O)N1CCCN(C(=O)C2CCCCC2)CC1. The van der Waals surface area contributed by atoms with Gasteiger partial charge in [0.1, 0.15) is 0 Å². The van der Waals surface area contributed by atoms with Gasteiger partial charge in [0.05, 0.1) is 0 Å². The fourth-order valence-electron chi connectivity index (χ4n) is 3.86. The Morgan fingerprint density at radius 1 is 0.864 bits per heavy atom. The predicted octanol–water partition coefficient (Wildman–Crippen LogP) is 3.06. The van der Waals surface area contributed by atoms with E-state index in [1.165, 1.54) is 19.3 Å². The van der Waals surface area contributed by atoms with E-state index in [2.05, 4.69) is 13.8 Å². The summed E-state index contributed by atoms with van der Waals surface area (Å²) in [7, 11) is 0. The normalized spacial score (nSPS) is 21.0. The Morgan fingerprint density at radius 2 is 1.45 bits per heavy atom. The summed E-state index contributed by atoms with van der Waals surface area (Å²) >= 11 is 0. The number of nitrogens with zero attached hydrogens (tertiary/aromatic N) is 2. The smallest absolute Gasteiger partial charge is 0.225 e. The number of rotatable bonds is 4. The minimum Gasteiger partial charge on any atom is -0.341 e. The lowest BCUT2D eigenvalue weighted by molar-refractivity contribution is -0.138. The zero-order valence-corrected chi connectivity index (χ0v) is 14.4. The lowest BCUT2D eigenvalue weighted by atomic mass is 9.88. The van der Waals surface area contributed by atoms with Crippen molar-refractivity contribution in [3.63, 3.8) is 0 Å². The second-order valence-corrected chi connectivity index (χ2v) is 6.85. The first-order valence-corrected chi connectivity index (χ1v) is 9.24. The van der Waals surface area contributed by atoms with Crippen LogP contribution in [0, 0.1) is 11.8 Å². The van der Waals surface area contributed by atoms with Crippen LogP contribution in [-0.2, 0) is 9.59 Å². The van der Waals surface area contributed by atoms with Crippen LogP contribution in [0.15, 0.2) is 0 Å². The second kappa shape index (κ2) is 8.54. The Bertz CT molecular complexity index is 373. The van der Waals surface area contributed by atoms with E-state index in [0.29, 0.717) is 12.5 Å². The molecule has 1 saturated heterocycles. The van der Waals surface area contributed by atoms with Gasteiger partial charge in [0, 0.05) is 38.0 Å². The molecule has 0 radical (unpaired) electrons. The number of amides is 2. The quantitative estimate of drug-likeness (QED) is 0.801. The molecule has 2 rings (SSSR count). The summed E-state index contributed by atoms with van der Waals surface area (Å²) in [4.78, 5) is 29.2. The average molecular weight is 308 g/mol. The van der Waals surface area contributed by atoms with Crippen LogP contribution in [0.5, 0.6) is 0 Å². The van der Waals surface area contributed by atoms with Crippen LogP contribution in [0.3, 0.4) is 0 Å². The lowest BCUT2D eigenvalue weighted by Crippen LogP contribution is -2.41. The molecule has 1 aliphatic carbocycles. The Labute approximate surface area is 135 Å². The molecule has 4 nitrogen and oxygen atoms in total. The highest BCUT2D eigenvalue weighted by Crippen LogP contribution is 2.26. The molecule has 2 amide bonds. The van der Waals surface area contributed by atoms with Crippen molar-refractivity contribution in [1.82, 2.24) is 9.80 Å². The maximum absolute atomic E-state index is 12.7. The van der Waals surface area contributed by atoms with E-state index in [-0.39, 0.29) is 17.7 Å². The number of hydrogen-bond acceptors (Lipinski definition) is 2. The topological polar surface area (TPSA) is 40.6 Å². The third kappa shape index (κ3) is 4.23. The Balaban J connectivity index is 1.89. The molecule has 0 unspecified atom stereocenters. The highest BCUT2D eigenvalue weighted by atomic mass is 16.2. The number of carbonyl (C=O) groups excluding carboxylic acids is 2. The van der Waals surface area contributed by atoms with Gasteiger partial charge in [-0.15, -0.1) is 0 Å². The zero-order chi connectivity index (χ0) is 15.9. The molecule has 0 bridgehead atoms. The summed E-state index contributed by atoms with van der Waals surface area (Å²) in [5.41, 5.74) is 0. The standard InChI is InChI=1S/C18H32N2O2/c1-3-15(4-2)17(21)19-11-8-12-20(14-13-19)18(22)16-9-6-5-7-10-16/h15-16H,3-14H2,1-2H3. The molecular weight excluding hydrogens is 276 g/mol. The third-order valence-corrected chi connectivity index (χ3v) is 5.41. The van der Waals surface area contributed by atoms with Crippen molar-refractivity contribution in [2.24, 2.45) is 11.8 Å². The molecule has 0 N–H and O–H groups in total. The van der Waals surface area contributed by atoms with E-state index in [4.69, 9.17) is 0 Å². The van der Waals surface area contributed by atoms with Gasteiger partial charge >= 0.3 is 0 Å². The van der Waals surface area contributed by atoms with Crippen molar-refractivity contribution in [3.05, 3.63) is 0 Å². The van der Waals surface area contributed by atoms with E-state index < -0.39 is 0 Å². The number of carbonyl (C=O) groups is 2. The van der Waals surface area contributed by atoms with Crippen molar-refractivity contribution in [2.45, 2.75) is 65.2 Å². The fourth-order valence-corrected chi connectivity index (χ4v) is 3.86. The molecule has 0 aromatic carbocycles. The van der Waals surface area contributed by atoms with E-state index in [1.54, 1.807) is 0 Å². The van der Waals surface area contributed by atoms with Gasteiger partial charge in [-0.2, -0.15) is 0 Å². The maximum atomic E-state index is 12.7. The van der Waals surface area contributed by atoms with Gasteiger partial charge in [-0.3, -0.25) is 9.59 Å². The van der Waals surface area contributed by atoms with Crippen LogP contribution in [0.2, 0.25) is 0 Å². The summed E-state index contributed by atoms with van der Waals surface area (Å²) in [6.07, 6.45) is 8.55. The molecule has 1 heterocycles. The van der Waals surface area contributed by atoms with Gasteiger partial charge in [-0.25, -0.2) is 0 Å². The van der Waals surface area contributed by atoms with Crippen molar-refractivity contribution >= 4 is 11.8 Å². The van der Waals surface area contributed by atoms with Gasteiger partial charge in [-0.1, -0.05) is 33.1 Å². The summed E-state index contributed by atoms with van der Waals surface area (Å²) < 4.78 is 0. The third-order valence-electron chi connectivity index (χ3n) is 5.41. The van der Waals surface area contributed by atoms with Crippen molar-refractivity contribution in [2.75, 3.05) is 26.2 Å². The summed E-state index contributed by atoms with van der Waals surface area (Å²) in [5, 5.41) is 0. The van der Waals surface area contributed by atoms with Crippen molar-refractivity contribution in [1.29, 1.82) is 0 Å². The molecule has 0 atom stereocenters. The van der Waals surface area contributed by atoms with Crippen LogP contribution in [-0.4, -0.2) is 47.8 Å². The van der Waals surface area contributed by atoms with Gasteiger partial charge < -0.3 is 9.80 Å². The Kier molecular flexibility index (Phi) is 6.71. The molecule has 0 aromatic heterocycles. The molecule has 2 fully saturated rings. The first-order valence-electron chi connectivity index (χ1n) is 9.24. The first kappa shape index (κ1) is 17.3. The van der Waals surface area contributed by atoms with Crippen LogP contribution in [0.25, 0.3) is 0 Å². The second-order valence-electron chi connectivity index (χ2n) is 6.85. The molecule has 1 aliphatic heterocycles. The monoisotopic (exact) mass is 308 g/mol. The molecule has 0 spiro atoms. The van der Waals surface area contributed by atoms with Crippen LogP contribution >= 0.6 is 0 Å². The molecular formula is C18H32N2O2.